The third-order valence-electron chi connectivity index (χ3n) is 1.61. The second-order valence-corrected chi connectivity index (χ2v) is 3.41. The number of hydrogen-bond donors (Lipinski definition) is 1. The fourth-order valence-electron chi connectivity index (χ4n) is 0.771. The first-order valence-electron chi connectivity index (χ1n) is 3.46. The molecule has 1 aromatic rings. The molecule has 0 spiro atoms. The van der Waals surface area contributed by atoms with Crippen LogP contribution in [0.1, 0.15) is 18.7 Å². The van der Waals surface area contributed by atoms with Crippen molar-refractivity contribution in [3.8, 4) is 0 Å². The van der Waals surface area contributed by atoms with E-state index in [9.17, 15) is 4.79 Å². The van der Waals surface area contributed by atoms with Crippen molar-refractivity contribution in [3.05, 3.63) is 16.4 Å². The Kier molecular flexibility index (Phi) is 2.52. The number of aryl methyl sites for hydroxylation is 1. The highest BCUT2D eigenvalue weighted by Gasteiger charge is 2.14. The highest BCUT2D eigenvalue weighted by molar-refractivity contribution is 9.10. The van der Waals surface area contributed by atoms with E-state index >= 15 is 0 Å². The first kappa shape index (κ1) is 9.25. The van der Waals surface area contributed by atoms with Crippen molar-refractivity contribution in [1.82, 2.24) is 9.78 Å². The molecule has 0 aliphatic heterocycles. The van der Waals surface area contributed by atoms with Gasteiger partial charge >= 0.3 is 5.97 Å². The molecular weight excluding hydrogens is 224 g/mol. The van der Waals surface area contributed by atoms with Crippen molar-refractivity contribution >= 4 is 21.9 Å². The van der Waals surface area contributed by atoms with E-state index in [1.54, 1.807) is 13.1 Å². The highest BCUT2D eigenvalue weighted by atomic mass is 79.9. The third kappa shape index (κ3) is 1.66. The Labute approximate surface area is 78.3 Å². The second-order valence-electron chi connectivity index (χ2n) is 2.56. The van der Waals surface area contributed by atoms with Crippen LogP contribution in [0.15, 0.2) is 10.7 Å². The Bertz CT molecular complexity index is 289. The summed E-state index contributed by atoms with van der Waals surface area (Å²) >= 11 is 3.26. The predicted molar refractivity (Wildman–Crippen MR) is 47.0 cm³/mol. The molecule has 1 rings (SSSR count). The van der Waals surface area contributed by atoms with Crippen LogP contribution in [0.3, 0.4) is 0 Å². The minimum Gasteiger partial charge on any atom is -0.480 e. The molecule has 12 heavy (non-hydrogen) atoms. The average Bonchev–Trinajstić information content (AvgIpc) is 2.30. The summed E-state index contributed by atoms with van der Waals surface area (Å²) < 4.78 is 2.25. The topological polar surface area (TPSA) is 55.1 Å². The van der Waals surface area contributed by atoms with Crippen molar-refractivity contribution in [2.45, 2.75) is 19.9 Å². The second kappa shape index (κ2) is 3.26. The predicted octanol–water partition coefficient (Wildman–Crippen LogP) is 1.60. The normalized spacial score (nSPS) is 12.9. The maximum absolute atomic E-state index is 10.5. The monoisotopic (exact) mass is 232 g/mol. The molecule has 0 aromatic carbocycles. The van der Waals surface area contributed by atoms with Gasteiger partial charge in [-0.3, -0.25) is 4.68 Å². The molecule has 0 amide bonds. The van der Waals surface area contributed by atoms with Crippen LogP contribution in [0.25, 0.3) is 0 Å². The number of aromatic nitrogens is 2. The molecule has 1 heterocycles. The molecule has 66 valence electrons. The summed E-state index contributed by atoms with van der Waals surface area (Å²) in [6, 6.07) is -0.616. The smallest absolute Gasteiger partial charge is 0.328 e. The molecule has 0 aliphatic rings. The van der Waals surface area contributed by atoms with Gasteiger partial charge in [-0.05, 0) is 29.8 Å². The minimum absolute atomic E-state index is 0.616. The number of nitrogens with zero attached hydrogens (tertiary/aromatic N) is 2. The van der Waals surface area contributed by atoms with Crippen molar-refractivity contribution in [2.75, 3.05) is 0 Å². The quantitative estimate of drug-likeness (QED) is 0.843. The summed E-state index contributed by atoms with van der Waals surface area (Å²) in [6.45, 7) is 3.40. The van der Waals surface area contributed by atoms with Crippen LogP contribution in [0.2, 0.25) is 0 Å². The Morgan fingerprint density at radius 2 is 2.42 bits per heavy atom. The Morgan fingerprint density at radius 1 is 1.83 bits per heavy atom. The SMILES string of the molecule is Cc1nn([C@H](C)C(=O)O)cc1Br. The summed E-state index contributed by atoms with van der Waals surface area (Å²) in [5.74, 6) is -0.884. The van der Waals surface area contributed by atoms with Crippen molar-refractivity contribution in [1.29, 1.82) is 0 Å². The molecule has 0 bridgehead atoms. The molecule has 0 fully saturated rings. The van der Waals surface area contributed by atoms with Gasteiger partial charge in [0.2, 0.25) is 0 Å². The summed E-state index contributed by atoms with van der Waals surface area (Å²) in [6.07, 6.45) is 1.66. The van der Waals surface area contributed by atoms with E-state index in [1.165, 1.54) is 4.68 Å². The largest absolute Gasteiger partial charge is 0.480 e. The molecule has 0 unspecified atom stereocenters. The van der Waals surface area contributed by atoms with Crippen LogP contribution < -0.4 is 0 Å². The lowest BCUT2D eigenvalue weighted by molar-refractivity contribution is -0.140. The highest BCUT2D eigenvalue weighted by Crippen LogP contribution is 2.16. The van der Waals surface area contributed by atoms with Gasteiger partial charge in [0.1, 0.15) is 6.04 Å². The van der Waals surface area contributed by atoms with E-state index in [-0.39, 0.29) is 0 Å². The number of halogens is 1. The number of hydrogen-bond acceptors (Lipinski definition) is 2. The molecule has 0 saturated carbocycles. The zero-order valence-electron chi connectivity index (χ0n) is 6.78. The van der Waals surface area contributed by atoms with E-state index in [0.29, 0.717) is 0 Å². The summed E-state index contributed by atoms with van der Waals surface area (Å²) in [5, 5.41) is 12.7. The standard InChI is InChI=1S/C7H9BrN2O2/c1-4-6(8)3-10(9-4)5(2)7(11)12/h3,5H,1-2H3,(H,11,12)/t5-/m1/s1. The summed E-state index contributed by atoms with van der Waals surface area (Å²) in [4.78, 5) is 10.5. The molecule has 4 nitrogen and oxygen atoms in total. The zero-order valence-corrected chi connectivity index (χ0v) is 8.37. The lowest BCUT2D eigenvalue weighted by Gasteiger charge is -2.04. The Balaban J connectivity index is 2.96. The van der Waals surface area contributed by atoms with E-state index in [2.05, 4.69) is 21.0 Å². The number of carboxylic acid groups (broad SMARTS) is 1. The van der Waals surface area contributed by atoms with Crippen LogP contribution >= 0.6 is 15.9 Å². The van der Waals surface area contributed by atoms with Crippen LogP contribution in [-0.2, 0) is 4.79 Å². The van der Waals surface area contributed by atoms with Crippen LogP contribution in [0, 0.1) is 6.92 Å². The van der Waals surface area contributed by atoms with E-state index in [1.807, 2.05) is 6.92 Å². The number of carboxylic acids is 1. The van der Waals surface area contributed by atoms with E-state index in [0.717, 1.165) is 10.2 Å². The molecule has 1 N–H and O–H groups in total. The van der Waals surface area contributed by atoms with Crippen LogP contribution in [0.5, 0.6) is 0 Å². The van der Waals surface area contributed by atoms with Gasteiger partial charge in [-0.1, -0.05) is 0 Å². The number of aliphatic carboxylic acids is 1. The molecule has 0 radical (unpaired) electrons. The van der Waals surface area contributed by atoms with Gasteiger partial charge < -0.3 is 5.11 Å². The molecule has 5 heteroatoms. The maximum Gasteiger partial charge on any atom is 0.328 e. The van der Waals surface area contributed by atoms with Gasteiger partial charge in [0.15, 0.2) is 0 Å². The first-order chi connectivity index (χ1) is 5.52. The Hall–Kier alpha value is -0.840. The van der Waals surface area contributed by atoms with Crippen molar-refractivity contribution < 1.29 is 9.90 Å². The van der Waals surface area contributed by atoms with Gasteiger partial charge in [-0.15, -0.1) is 0 Å². The van der Waals surface area contributed by atoms with Gasteiger partial charge in [-0.25, -0.2) is 4.79 Å². The molecule has 1 atom stereocenters. The molecule has 0 aliphatic carbocycles. The number of rotatable bonds is 2. The third-order valence-corrected chi connectivity index (χ3v) is 2.39. The lowest BCUT2D eigenvalue weighted by Crippen LogP contribution is -2.15. The fraction of sp³-hybridized carbons (Fsp3) is 0.429. The zero-order chi connectivity index (χ0) is 9.30. The summed E-state index contributed by atoms with van der Waals surface area (Å²) in [7, 11) is 0. The number of carbonyl (C=O) groups is 1. The minimum atomic E-state index is -0.884. The lowest BCUT2D eigenvalue weighted by atomic mass is 10.4. The van der Waals surface area contributed by atoms with E-state index < -0.39 is 12.0 Å². The van der Waals surface area contributed by atoms with Gasteiger partial charge in [0.05, 0.1) is 10.2 Å². The van der Waals surface area contributed by atoms with Crippen molar-refractivity contribution in [3.63, 3.8) is 0 Å². The maximum atomic E-state index is 10.5. The average molecular weight is 233 g/mol. The summed E-state index contributed by atoms with van der Waals surface area (Å²) in [5.41, 5.74) is 0.795. The van der Waals surface area contributed by atoms with Gasteiger partial charge in [0, 0.05) is 6.20 Å². The van der Waals surface area contributed by atoms with Crippen LogP contribution in [0.4, 0.5) is 0 Å². The van der Waals surface area contributed by atoms with Crippen LogP contribution in [-0.4, -0.2) is 20.9 Å². The molecular formula is C7H9BrN2O2. The molecule has 0 saturated heterocycles. The van der Waals surface area contributed by atoms with Gasteiger partial charge in [0.25, 0.3) is 0 Å². The van der Waals surface area contributed by atoms with Crippen molar-refractivity contribution in [2.24, 2.45) is 0 Å². The fourth-order valence-corrected chi connectivity index (χ4v) is 1.06. The van der Waals surface area contributed by atoms with Gasteiger partial charge in [-0.2, -0.15) is 5.10 Å². The Morgan fingerprint density at radius 3 is 2.75 bits per heavy atom. The molecule has 1 aromatic heterocycles. The first-order valence-corrected chi connectivity index (χ1v) is 4.25. The van der Waals surface area contributed by atoms with E-state index in [4.69, 9.17) is 5.11 Å².